The molecule has 6 aliphatic rings. The van der Waals surface area contributed by atoms with E-state index < -0.39 is 6.61 Å². The third kappa shape index (κ3) is 8.76. The molecule has 2 aromatic carbocycles. The molecular weight excluding hydrogens is 935 g/mol. The summed E-state index contributed by atoms with van der Waals surface area (Å²) in [5.74, 6) is -0.445. The summed E-state index contributed by atoms with van der Waals surface area (Å²) >= 11 is 0. The number of imide groups is 1. The summed E-state index contributed by atoms with van der Waals surface area (Å²) in [5, 5.41) is 17.1. The lowest BCUT2D eigenvalue weighted by molar-refractivity contribution is -0.111. The predicted molar refractivity (Wildman–Crippen MR) is 287 cm³/mol. The van der Waals surface area contributed by atoms with Gasteiger partial charge in [0, 0.05) is 111 Å². The van der Waals surface area contributed by atoms with Crippen LogP contribution < -0.4 is 30.9 Å². The van der Waals surface area contributed by atoms with E-state index in [-0.39, 0.29) is 58.5 Å². The van der Waals surface area contributed by atoms with Crippen molar-refractivity contribution in [1.29, 1.82) is 0 Å². The summed E-state index contributed by atoms with van der Waals surface area (Å²) in [4.78, 5) is 87.7. The van der Waals surface area contributed by atoms with Crippen molar-refractivity contribution in [3.63, 3.8) is 0 Å². The van der Waals surface area contributed by atoms with Crippen LogP contribution in [0.2, 0.25) is 0 Å². The summed E-state index contributed by atoms with van der Waals surface area (Å²) in [6, 6.07) is 15.9. The number of nitrogens with one attached hydrogen (secondary N) is 2. The number of aromatic nitrogens is 4. The number of hydrogen-bond donors (Lipinski definition) is 3. The molecule has 4 amide bonds. The number of carbonyl (C=O) groups excluding carboxylic acids is 4. The number of hydrogen-bond acceptors (Lipinski definition) is 12. The molecule has 386 valence electrons. The topological polar surface area (TPSA) is 181 Å². The maximum Gasteiger partial charge on any atom is 0.293 e. The highest BCUT2D eigenvalue weighted by Crippen LogP contribution is 2.41. The highest BCUT2D eigenvalue weighted by Gasteiger charge is 2.42. The van der Waals surface area contributed by atoms with Crippen LogP contribution in [0.15, 0.2) is 78.4 Å². The Hall–Kier alpha value is -7.11. The maximum atomic E-state index is 14.1. The van der Waals surface area contributed by atoms with E-state index in [1.807, 2.05) is 36.4 Å². The molecule has 5 aromatic rings. The van der Waals surface area contributed by atoms with Crippen LogP contribution >= 0.6 is 0 Å². The first-order chi connectivity index (χ1) is 35.6. The van der Waals surface area contributed by atoms with E-state index in [0.29, 0.717) is 70.0 Å². The molecule has 0 radical (unpaired) electrons. The van der Waals surface area contributed by atoms with Crippen LogP contribution in [0.25, 0.3) is 11.3 Å². The van der Waals surface area contributed by atoms with Gasteiger partial charge >= 0.3 is 0 Å². The Labute approximate surface area is 431 Å². The van der Waals surface area contributed by atoms with Crippen molar-refractivity contribution >= 4 is 58.0 Å². The summed E-state index contributed by atoms with van der Waals surface area (Å²) in [5.41, 5.74) is 8.17. The number of fused-ring (bicyclic) bond motifs is 4. The number of piperazine rings is 1. The molecule has 3 N–H and O–H groups in total. The Kier molecular flexibility index (Phi) is 12.8. The molecule has 3 atom stereocenters. The third-order valence-corrected chi connectivity index (χ3v) is 16.6. The monoisotopic (exact) mass is 1000 g/mol. The molecular formula is C57H67N11O6. The summed E-state index contributed by atoms with van der Waals surface area (Å²) in [6.45, 7) is 16.4. The first-order valence-corrected chi connectivity index (χ1v) is 26.4. The minimum Gasteiger partial charge on any atom is -0.392 e. The van der Waals surface area contributed by atoms with Crippen molar-refractivity contribution in [1.82, 2.24) is 28.9 Å². The van der Waals surface area contributed by atoms with E-state index >= 15 is 0 Å². The Morgan fingerprint density at radius 2 is 1.64 bits per heavy atom. The van der Waals surface area contributed by atoms with Gasteiger partial charge in [0.05, 0.1) is 34.8 Å². The van der Waals surface area contributed by atoms with E-state index in [1.165, 1.54) is 26.8 Å². The van der Waals surface area contributed by atoms with Crippen LogP contribution in [0.3, 0.4) is 0 Å². The zero-order chi connectivity index (χ0) is 51.7. The second kappa shape index (κ2) is 19.3. The zero-order valence-electron chi connectivity index (χ0n) is 43.2. The van der Waals surface area contributed by atoms with Crippen LogP contribution in [-0.2, 0) is 37.8 Å². The Bertz CT molecular complexity index is 3170. The van der Waals surface area contributed by atoms with Crippen LogP contribution in [0.5, 0.6) is 0 Å². The number of aliphatic hydroxyl groups excluding tert-OH is 1. The van der Waals surface area contributed by atoms with Gasteiger partial charge in [-0.1, -0.05) is 39.7 Å². The van der Waals surface area contributed by atoms with Crippen molar-refractivity contribution in [2.24, 2.45) is 12.5 Å². The number of carbonyl (C=O) groups is 4. The van der Waals surface area contributed by atoms with Crippen molar-refractivity contribution in [2.45, 2.75) is 123 Å². The SMILES string of the molecule is C=CC(=O)Nc1cc(Nc2nc(-c3ccnc(N4CCn5c(cc6c5CC(C)(C)C6)C4=O)c3CO)cn(C)c2=O)ccc1N1CCN(C2CCN(c3ccc4c(c3)C(=O)N(C3CCCCC3)C4=O)[C@H](C)C2)C[C@@H]1C. The molecule has 2 saturated heterocycles. The van der Waals surface area contributed by atoms with Crippen molar-refractivity contribution < 1.29 is 24.3 Å². The third-order valence-electron chi connectivity index (χ3n) is 16.6. The van der Waals surface area contributed by atoms with Gasteiger partial charge in [0.15, 0.2) is 5.82 Å². The summed E-state index contributed by atoms with van der Waals surface area (Å²) in [7, 11) is 1.64. The van der Waals surface area contributed by atoms with E-state index in [0.717, 1.165) is 95.3 Å². The first-order valence-electron chi connectivity index (χ1n) is 26.4. The van der Waals surface area contributed by atoms with E-state index in [2.05, 4.69) is 69.2 Å². The molecule has 0 spiro atoms. The Morgan fingerprint density at radius 1 is 0.838 bits per heavy atom. The summed E-state index contributed by atoms with van der Waals surface area (Å²) in [6.07, 6.45) is 13.2. The summed E-state index contributed by atoms with van der Waals surface area (Å²) < 4.78 is 3.57. The number of amides is 4. The van der Waals surface area contributed by atoms with Crippen LogP contribution in [0, 0.1) is 5.41 Å². The molecule has 1 saturated carbocycles. The van der Waals surface area contributed by atoms with Gasteiger partial charge in [0.1, 0.15) is 11.5 Å². The number of nitrogens with zero attached hydrogens (tertiary/aromatic N) is 9. The largest absolute Gasteiger partial charge is 0.392 e. The minimum absolute atomic E-state index is 0.00313. The van der Waals surface area contributed by atoms with Gasteiger partial charge in [-0.3, -0.25) is 38.7 Å². The molecule has 1 unspecified atom stereocenters. The lowest BCUT2D eigenvalue weighted by atomic mass is 9.90. The first kappa shape index (κ1) is 49.1. The maximum absolute atomic E-state index is 14.1. The molecule has 2 aliphatic carbocycles. The molecule has 11 rings (SSSR count). The smallest absolute Gasteiger partial charge is 0.293 e. The molecule has 7 heterocycles. The normalized spacial score (nSPS) is 22.0. The molecule has 74 heavy (non-hydrogen) atoms. The Balaban J connectivity index is 0.779. The van der Waals surface area contributed by atoms with Gasteiger partial charge < -0.3 is 34.7 Å². The average Bonchev–Trinajstić information content (AvgIpc) is 3.98. The van der Waals surface area contributed by atoms with E-state index in [9.17, 15) is 29.1 Å². The van der Waals surface area contributed by atoms with Crippen LogP contribution in [-0.4, -0.2) is 115 Å². The molecule has 3 fully saturated rings. The van der Waals surface area contributed by atoms with Crippen molar-refractivity contribution in [2.75, 3.05) is 58.1 Å². The number of anilines is 6. The standard InChI is InChI=1S/C57H67N11O6/c1-7-50(70)60-45-27-37(59-51-56(74)62(6)32-46(61-51)41-17-19-58-52(44(41)33-69)67-24-23-66-48(55(67)73)26-36-29-57(4,5)30-49(36)66)13-16-47(45)65-22-21-63(31-35(65)3)39-18-20-64(34(2)25-39)40-14-15-42-43(28-40)54(72)68(53(42)71)38-11-9-8-10-12-38/h7,13-17,19,26-28,32,34-35,38-39,69H,1,8-12,18,20-25,29-31,33H2,2-6H3,(H,59,61)(H,60,70)/t34-,35+,39?/m1/s1. The second-order valence-electron chi connectivity index (χ2n) is 22.1. The number of piperidine rings is 1. The van der Waals surface area contributed by atoms with Gasteiger partial charge in [0.25, 0.3) is 23.3 Å². The molecule has 4 aliphatic heterocycles. The lowest BCUT2D eigenvalue weighted by Crippen LogP contribution is -2.58. The van der Waals surface area contributed by atoms with Crippen LogP contribution in [0.1, 0.15) is 121 Å². The molecule has 0 bridgehead atoms. The second-order valence-corrected chi connectivity index (χ2v) is 22.1. The fourth-order valence-corrected chi connectivity index (χ4v) is 13.0. The van der Waals surface area contributed by atoms with Crippen LogP contribution in [0.4, 0.5) is 34.4 Å². The van der Waals surface area contributed by atoms with Gasteiger partial charge in [-0.05, 0) is 118 Å². The van der Waals surface area contributed by atoms with Gasteiger partial charge in [-0.2, -0.15) is 0 Å². The van der Waals surface area contributed by atoms with Gasteiger partial charge in [0.2, 0.25) is 5.91 Å². The molecule has 17 heteroatoms. The fourth-order valence-electron chi connectivity index (χ4n) is 13.0. The predicted octanol–water partition coefficient (Wildman–Crippen LogP) is 7.29. The van der Waals surface area contributed by atoms with E-state index in [1.54, 1.807) is 36.5 Å². The quantitative estimate of drug-likeness (QED) is 0.0890. The van der Waals surface area contributed by atoms with Crippen molar-refractivity contribution in [3.8, 4) is 11.3 Å². The molecule has 17 nitrogen and oxygen atoms in total. The number of rotatable bonds is 11. The Morgan fingerprint density at radius 3 is 2.39 bits per heavy atom. The zero-order valence-corrected chi connectivity index (χ0v) is 43.2. The number of aryl methyl sites for hydroxylation is 1. The molecule has 3 aromatic heterocycles. The minimum atomic E-state index is -0.413. The van der Waals surface area contributed by atoms with Crippen molar-refractivity contribution in [3.05, 3.63) is 118 Å². The number of pyridine rings is 1. The fraction of sp³-hybridized carbons (Fsp3) is 0.456. The average molecular weight is 1000 g/mol. The highest BCUT2D eigenvalue weighted by molar-refractivity contribution is 6.22. The number of aliphatic hydroxyl groups is 1. The highest BCUT2D eigenvalue weighted by atomic mass is 16.3. The number of benzene rings is 2. The van der Waals surface area contributed by atoms with E-state index in [4.69, 9.17) is 4.98 Å². The van der Waals surface area contributed by atoms with Gasteiger partial charge in [-0.15, -0.1) is 0 Å². The van der Waals surface area contributed by atoms with Gasteiger partial charge in [-0.25, -0.2) is 9.97 Å². The lowest BCUT2D eigenvalue weighted by Gasteiger charge is -2.48.